The quantitative estimate of drug-likeness (QED) is 0.763. The summed E-state index contributed by atoms with van der Waals surface area (Å²) in [5.74, 6) is -0.0169. The molecule has 2 N–H and O–H groups in total. The summed E-state index contributed by atoms with van der Waals surface area (Å²) in [5, 5.41) is 15.1. The van der Waals surface area contributed by atoms with Crippen molar-refractivity contribution >= 4 is 16.8 Å². The van der Waals surface area contributed by atoms with E-state index < -0.39 is 0 Å². The monoisotopic (exact) mass is 295 g/mol. The minimum Gasteiger partial charge on any atom is -0.329 e. The first-order valence-electron chi connectivity index (χ1n) is 7.58. The summed E-state index contributed by atoms with van der Waals surface area (Å²) < 4.78 is 0. The van der Waals surface area contributed by atoms with Gasteiger partial charge in [0, 0.05) is 18.1 Å². The second-order valence-electron chi connectivity index (χ2n) is 5.64. The molecule has 3 heterocycles. The second kappa shape index (κ2) is 5.29. The first kappa shape index (κ1) is 13.1. The summed E-state index contributed by atoms with van der Waals surface area (Å²) in [6.07, 6.45) is 4.83. The zero-order valence-electron chi connectivity index (χ0n) is 12.1. The molecule has 0 saturated carbocycles. The molecule has 1 aliphatic heterocycles. The molecule has 2 aromatic heterocycles. The Kier molecular flexibility index (Phi) is 3.14. The van der Waals surface area contributed by atoms with Crippen molar-refractivity contribution < 1.29 is 4.79 Å². The fourth-order valence-corrected chi connectivity index (χ4v) is 3.21. The minimum atomic E-state index is -0.0169. The molecule has 0 spiro atoms. The van der Waals surface area contributed by atoms with E-state index >= 15 is 0 Å². The fraction of sp³-hybridized carbons (Fsp3) is 0.312. The Morgan fingerprint density at radius 3 is 2.95 bits per heavy atom. The molecule has 0 aliphatic carbocycles. The van der Waals surface area contributed by atoms with Crippen LogP contribution >= 0.6 is 0 Å². The van der Waals surface area contributed by atoms with E-state index in [1.807, 2.05) is 35.2 Å². The van der Waals surface area contributed by atoms with Crippen molar-refractivity contribution in [3.63, 3.8) is 0 Å². The molecule has 1 fully saturated rings. The van der Waals surface area contributed by atoms with Gasteiger partial charge in [-0.15, -0.1) is 0 Å². The van der Waals surface area contributed by atoms with Crippen LogP contribution in [0.15, 0.2) is 36.5 Å². The highest BCUT2D eigenvalue weighted by atomic mass is 16.2. The summed E-state index contributed by atoms with van der Waals surface area (Å²) in [7, 11) is 0. The van der Waals surface area contributed by atoms with Gasteiger partial charge in [0.25, 0.3) is 5.91 Å². The average Bonchev–Trinajstić information content (AvgIpc) is 3.24. The van der Waals surface area contributed by atoms with Crippen LogP contribution < -0.4 is 0 Å². The molecule has 4 rings (SSSR count). The van der Waals surface area contributed by atoms with Gasteiger partial charge in [0.05, 0.1) is 17.3 Å². The number of likely N-dealkylation sites (tertiary alicyclic amines) is 1. The van der Waals surface area contributed by atoms with Crippen LogP contribution in [0.25, 0.3) is 10.9 Å². The molecule has 1 atom stereocenters. The van der Waals surface area contributed by atoms with Gasteiger partial charge >= 0.3 is 0 Å². The van der Waals surface area contributed by atoms with Gasteiger partial charge in [-0.1, -0.05) is 18.2 Å². The van der Waals surface area contributed by atoms with Crippen molar-refractivity contribution in [1.82, 2.24) is 25.3 Å². The molecular formula is C16H17N5O. The zero-order valence-corrected chi connectivity index (χ0v) is 12.1. The summed E-state index contributed by atoms with van der Waals surface area (Å²) in [6, 6.07) is 9.72. The number of aromatic nitrogens is 4. The maximum absolute atomic E-state index is 13.0. The van der Waals surface area contributed by atoms with E-state index in [4.69, 9.17) is 0 Å². The SMILES string of the molecule is O=C(c1n[nH]c2ccccc12)N1CCCC[C@@H]1c1ccn[nH]1. The molecule has 6 heteroatoms. The minimum absolute atomic E-state index is 0.0169. The topological polar surface area (TPSA) is 77.7 Å². The summed E-state index contributed by atoms with van der Waals surface area (Å²) >= 11 is 0. The Morgan fingerprint density at radius 1 is 1.18 bits per heavy atom. The van der Waals surface area contributed by atoms with E-state index in [0.717, 1.165) is 42.4 Å². The van der Waals surface area contributed by atoms with Gasteiger partial charge in [0.1, 0.15) is 0 Å². The highest BCUT2D eigenvalue weighted by Crippen LogP contribution is 2.31. The van der Waals surface area contributed by atoms with Crippen LogP contribution in [-0.2, 0) is 0 Å². The van der Waals surface area contributed by atoms with Crippen LogP contribution in [0.5, 0.6) is 0 Å². The largest absolute Gasteiger partial charge is 0.329 e. The van der Waals surface area contributed by atoms with E-state index in [9.17, 15) is 4.79 Å². The van der Waals surface area contributed by atoms with Gasteiger partial charge in [-0.05, 0) is 31.4 Å². The van der Waals surface area contributed by atoms with Crippen LogP contribution in [-0.4, -0.2) is 37.7 Å². The third-order valence-electron chi connectivity index (χ3n) is 4.32. The van der Waals surface area contributed by atoms with Crippen LogP contribution in [0.4, 0.5) is 0 Å². The number of carbonyl (C=O) groups excluding carboxylic acids is 1. The molecule has 1 amide bonds. The number of hydrogen-bond donors (Lipinski definition) is 2. The maximum atomic E-state index is 13.0. The van der Waals surface area contributed by atoms with Crippen LogP contribution in [0.2, 0.25) is 0 Å². The number of benzene rings is 1. The van der Waals surface area contributed by atoms with Gasteiger partial charge in [0.15, 0.2) is 5.69 Å². The lowest BCUT2D eigenvalue weighted by molar-refractivity contribution is 0.0602. The lowest BCUT2D eigenvalue weighted by atomic mass is 9.98. The predicted octanol–water partition coefficient (Wildman–Crippen LogP) is 2.65. The first-order valence-corrected chi connectivity index (χ1v) is 7.58. The number of nitrogens with one attached hydrogen (secondary N) is 2. The Morgan fingerprint density at radius 2 is 2.09 bits per heavy atom. The number of rotatable bonds is 2. The molecule has 0 radical (unpaired) electrons. The van der Waals surface area contributed by atoms with Gasteiger partial charge in [-0.3, -0.25) is 15.0 Å². The number of carbonyl (C=O) groups is 1. The van der Waals surface area contributed by atoms with Crippen molar-refractivity contribution in [2.24, 2.45) is 0 Å². The van der Waals surface area contributed by atoms with E-state index in [1.54, 1.807) is 6.20 Å². The average molecular weight is 295 g/mol. The highest BCUT2D eigenvalue weighted by Gasteiger charge is 2.31. The molecule has 0 unspecified atom stereocenters. The summed E-state index contributed by atoms with van der Waals surface area (Å²) in [6.45, 7) is 0.754. The Hall–Kier alpha value is -2.63. The third-order valence-corrected chi connectivity index (χ3v) is 4.32. The first-order chi connectivity index (χ1) is 10.8. The maximum Gasteiger partial charge on any atom is 0.275 e. The van der Waals surface area contributed by atoms with Gasteiger partial charge in [-0.25, -0.2) is 0 Å². The summed E-state index contributed by atoms with van der Waals surface area (Å²) in [5.41, 5.74) is 2.39. The van der Waals surface area contributed by atoms with E-state index in [2.05, 4.69) is 20.4 Å². The molecule has 3 aromatic rings. The third kappa shape index (κ3) is 2.07. The van der Waals surface area contributed by atoms with Gasteiger partial charge < -0.3 is 4.90 Å². The fourth-order valence-electron chi connectivity index (χ4n) is 3.21. The van der Waals surface area contributed by atoms with Crippen molar-refractivity contribution in [1.29, 1.82) is 0 Å². The number of para-hydroxylation sites is 1. The molecule has 1 aliphatic rings. The molecule has 22 heavy (non-hydrogen) atoms. The molecular weight excluding hydrogens is 278 g/mol. The normalized spacial score (nSPS) is 18.7. The number of hydrogen-bond acceptors (Lipinski definition) is 3. The Labute approximate surface area is 127 Å². The van der Waals surface area contributed by atoms with Crippen LogP contribution in [0.1, 0.15) is 41.5 Å². The van der Waals surface area contributed by atoms with E-state index in [0.29, 0.717) is 5.69 Å². The number of piperidine rings is 1. The van der Waals surface area contributed by atoms with Gasteiger partial charge in [0.2, 0.25) is 0 Å². The Balaban J connectivity index is 1.71. The molecule has 1 aromatic carbocycles. The second-order valence-corrected chi connectivity index (χ2v) is 5.64. The standard InChI is InChI=1S/C16H17N5O/c22-16(15-11-5-1-2-6-12(11)19-20-15)21-10-4-3-7-14(21)13-8-9-17-18-13/h1-2,5-6,8-9,14H,3-4,7,10H2,(H,17,18)(H,19,20)/t14-/m1/s1. The number of fused-ring (bicyclic) bond motifs is 1. The van der Waals surface area contributed by atoms with Crippen molar-refractivity contribution in [2.75, 3.05) is 6.54 Å². The highest BCUT2D eigenvalue weighted by molar-refractivity contribution is 6.04. The smallest absolute Gasteiger partial charge is 0.275 e. The Bertz CT molecular complexity index is 792. The van der Waals surface area contributed by atoms with Gasteiger partial charge in [-0.2, -0.15) is 10.2 Å². The van der Waals surface area contributed by atoms with E-state index in [1.165, 1.54) is 0 Å². The predicted molar refractivity (Wildman–Crippen MR) is 82.3 cm³/mol. The number of H-pyrrole nitrogens is 2. The number of aromatic amines is 2. The van der Waals surface area contributed by atoms with Crippen LogP contribution in [0.3, 0.4) is 0 Å². The lowest BCUT2D eigenvalue weighted by Gasteiger charge is -2.34. The van der Waals surface area contributed by atoms with Crippen molar-refractivity contribution in [3.05, 3.63) is 47.9 Å². The zero-order chi connectivity index (χ0) is 14.9. The summed E-state index contributed by atoms with van der Waals surface area (Å²) in [4.78, 5) is 14.9. The molecule has 1 saturated heterocycles. The number of nitrogens with zero attached hydrogens (tertiary/aromatic N) is 3. The molecule has 112 valence electrons. The molecule has 0 bridgehead atoms. The molecule has 6 nitrogen and oxygen atoms in total. The lowest BCUT2D eigenvalue weighted by Crippen LogP contribution is -2.39. The van der Waals surface area contributed by atoms with E-state index in [-0.39, 0.29) is 11.9 Å². The van der Waals surface area contributed by atoms with Crippen molar-refractivity contribution in [2.45, 2.75) is 25.3 Å². The van der Waals surface area contributed by atoms with Crippen molar-refractivity contribution in [3.8, 4) is 0 Å². The number of amides is 1. The van der Waals surface area contributed by atoms with Crippen LogP contribution in [0, 0.1) is 0 Å².